The van der Waals surface area contributed by atoms with Gasteiger partial charge in [-0.15, -0.1) is 0 Å². The molecule has 2 N–H and O–H groups in total. The highest BCUT2D eigenvalue weighted by atomic mass is 19.1. The number of nitrogens with one attached hydrogen (secondary N) is 2. The first-order chi connectivity index (χ1) is 13.1. The monoisotopic (exact) mass is 359 g/mol. The number of halogens is 1. The number of benzene rings is 3. The van der Waals surface area contributed by atoms with E-state index in [1.807, 2.05) is 6.07 Å². The number of nitriles is 1. The van der Waals surface area contributed by atoms with E-state index in [0.29, 0.717) is 22.4 Å². The first-order valence-electron chi connectivity index (χ1n) is 8.04. The van der Waals surface area contributed by atoms with E-state index in [9.17, 15) is 14.0 Å². The Hall–Kier alpha value is -3.98. The molecule has 6 heteroatoms. The molecule has 0 aliphatic carbocycles. The molecule has 3 aromatic carbocycles. The lowest BCUT2D eigenvalue weighted by atomic mass is 10.1. The average molecular weight is 359 g/mol. The van der Waals surface area contributed by atoms with Crippen molar-refractivity contribution in [3.8, 4) is 6.07 Å². The zero-order valence-corrected chi connectivity index (χ0v) is 14.1. The third-order valence-electron chi connectivity index (χ3n) is 3.80. The van der Waals surface area contributed by atoms with Gasteiger partial charge < -0.3 is 10.6 Å². The normalized spacial score (nSPS) is 9.93. The number of rotatable bonds is 4. The first kappa shape index (κ1) is 17.8. The lowest BCUT2D eigenvalue weighted by Gasteiger charge is -2.08. The quantitative estimate of drug-likeness (QED) is 0.732. The molecule has 27 heavy (non-hydrogen) atoms. The third kappa shape index (κ3) is 4.35. The van der Waals surface area contributed by atoms with Gasteiger partial charge >= 0.3 is 0 Å². The van der Waals surface area contributed by atoms with Gasteiger partial charge in [-0.25, -0.2) is 4.39 Å². The van der Waals surface area contributed by atoms with Gasteiger partial charge in [-0.05, 0) is 60.7 Å². The second-order valence-corrected chi connectivity index (χ2v) is 5.65. The van der Waals surface area contributed by atoms with Crippen LogP contribution in [-0.2, 0) is 0 Å². The molecule has 5 nitrogen and oxygen atoms in total. The van der Waals surface area contributed by atoms with Crippen LogP contribution in [0.4, 0.5) is 15.8 Å². The SMILES string of the molecule is N#Cc1ccc(NC(=O)c2ccc(C(=O)Nc3ccccc3F)cc2)cc1. The molecule has 3 rings (SSSR count). The highest BCUT2D eigenvalue weighted by Crippen LogP contribution is 2.15. The summed E-state index contributed by atoms with van der Waals surface area (Å²) in [5, 5.41) is 14.0. The third-order valence-corrected chi connectivity index (χ3v) is 3.80. The van der Waals surface area contributed by atoms with E-state index in [-0.39, 0.29) is 11.6 Å². The van der Waals surface area contributed by atoms with Crippen LogP contribution in [0.2, 0.25) is 0 Å². The van der Waals surface area contributed by atoms with Crippen LogP contribution in [0.15, 0.2) is 72.8 Å². The van der Waals surface area contributed by atoms with Crippen LogP contribution < -0.4 is 10.6 Å². The van der Waals surface area contributed by atoms with Crippen molar-refractivity contribution in [1.82, 2.24) is 0 Å². The molecule has 0 atom stereocenters. The van der Waals surface area contributed by atoms with Crippen molar-refractivity contribution in [3.05, 3.63) is 95.3 Å². The zero-order valence-electron chi connectivity index (χ0n) is 14.1. The molecule has 0 heterocycles. The van der Waals surface area contributed by atoms with Gasteiger partial charge in [0.15, 0.2) is 0 Å². The number of carbonyl (C=O) groups is 2. The fourth-order valence-corrected chi connectivity index (χ4v) is 2.36. The minimum Gasteiger partial charge on any atom is -0.322 e. The number of anilines is 2. The predicted molar refractivity (Wildman–Crippen MR) is 99.9 cm³/mol. The Morgan fingerprint density at radius 1 is 0.778 bits per heavy atom. The molecule has 0 aliphatic heterocycles. The molecule has 0 aliphatic rings. The molecular formula is C21H14FN3O2. The van der Waals surface area contributed by atoms with Gasteiger partial charge in [0.1, 0.15) is 5.82 Å². The Morgan fingerprint density at radius 2 is 1.33 bits per heavy atom. The van der Waals surface area contributed by atoms with E-state index in [4.69, 9.17) is 5.26 Å². The summed E-state index contributed by atoms with van der Waals surface area (Å²) in [6, 6.07) is 20.3. The minimum absolute atomic E-state index is 0.0881. The lowest BCUT2D eigenvalue weighted by molar-refractivity contribution is 0.101. The Kier molecular flexibility index (Phi) is 5.24. The van der Waals surface area contributed by atoms with Gasteiger partial charge in [-0.2, -0.15) is 5.26 Å². The highest BCUT2D eigenvalue weighted by Gasteiger charge is 2.11. The van der Waals surface area contributed by atoms with Crippen LogP contribution in [0.1, 0.15) is 26.3 Å². The van der Waals surface area contributed by atoms with E-state index >= 15 is 0 Å². The van der Waals surface area contributed by atoms with Crippen LogP contribution in [0.25, 0.3) is 0 Å². The summed E-state index contributed by atoms with van der Waals surface area (Å²) in [6.45, 7) is 0. The fraction of sp³-hybridized carbons (Fsp3) is 0. The van der Waals surface area contributed by atoms with E-state index in [1.165, 1.54) is 42.5 Å². The van der Waals surface area contributed by atoms with Crippen LogP contribution in [0, 0.1) is 17.1 Å². The number of nitrogens with zero attached hydrogens (tertiary/aromatic N) is 1. The maximum atomic E-state index is 13.6. The smallest absolute Gasteiger partial charge is 0.255 e. The number of amides is 2. The lowest BCUT2D eigenvalue weighted by Crippen LogP contribution is -2.15. The second kappa shape index (κ2) is 7.93. The number of para-hydroxylation sites is 1. The van der Waals surface area contributed by atoms with Gasteiger partial charge in [0.25, 0.3) is 11.8 Å². The molecule has 0 unspecified atom stereocenters. The first-order valence-corrected chi connectivity index (χ1v) is 8.04. The van der Waals surface area contributed by atoms with Gasteiger partial charge in [-0.1, -0.05) is 12.1 Å². The second-order valence-electron chi connectivity index (χ2n) is 5.65. The van der Waals surface area contributed by atoms with Gasteiger partial charge in [0.2, 0.25) is 0 Å². The molecule has 0 bridgehead atoms. The van der Waals surface area contributed by atoms with Crippen LogP contribution >= 0.6 is 0 Å². The molecule has 132 valence electrons. The minimum atomic E-state index is -0.524. The van der Waals surface area contributed by atoms with Crippen molar-refractivity contribution in [2.75, 3.05) is 10.6 Å². The predicted octanol–water partition coefficient (Wildman–Crippen LogP) is 4.20. The van der Waals surface area contributed by atoms with Gasteiger partial charge in [-0.3, -0.25) is 9.59 Å². The van der Waals surface area contributed by atoms with E-state index in [1.54, 1.807) is 30.3 Å². The van der Waals surface area contributed by atoms with Gasteiger partial charge in [0, 0.05) is 16.8 Å². The summed E-state index contributed by atoms with van der Waals surface area (Å²) < 4.78 is 13.6. The summed E-state index contributed by atoms with van der Waals surface area (Å²) in [4.78, 5) is 24.5. The summed E-state index contributed by atoms with van der Waals surface area (Å²) in [7, 11) is 0. The number of hydrogen-bond acceptors (Lipinski definition) is 3. The molecular weight excluding hydrogens is 345 g/mol. The van der Waals surface area contributed by atoms with Crippen molar-refractivity contribution >= 4 is 23.2 Å². The van der Waals surface area contributed by atoms with Gasteiger partial charge in [0.05, 0.1) is 17.3 Å². The standard InChI is InChI=1S/C21H14FN3O2/c22-18-3-1-2-4-19(18)25-21(27)16-9-7-15(8-10-16)20(26)24-17-11-5-14(13-23)6-12-17/h1-12H,(H,24,26)(H,25,27). The average Bonchev–Trinajstić information content (AvgIpc) is 2.70. The largest absolute Gasteiger partial charge is 0.322 e. The molecule has 0 saturated carbocycles. The Labute approximate surface area is 155 Å². The van der Waals surface area contributed by atoms with E-state index in [0.717, 1.165) is 0 Å². The summed E-state index contributed by atoms with van der Waals surface area (Å²) in [5.74, 6) is -1.34. The Morgan fingerprint density at radius 3 is 1.89 bits per heavy atom. The zero-order chi connectivity index (χ0) is 19.2. The molecule has 3 aromatic rings. The molecule has 0 radical (unpaired) electrons. The van der Waals surface area contributed by atoms with Crippen molar-refractivity contribution in [2.24, 2.45) is 0 Å². The molecule has 2 amide bonds. The summed E-state index contributed by atoms with van der Waals surface area (Å²) in [6.07, 6.45) is 0. The van der Waals surface area contributed by atoms with Crippen LogP contribution in [0.5, 0.6) is 0 Å². The van der Waals surface area contributed by atoms with Crippen molar-refractivity contribution in [2.45, 2.75) is 0 Å². The maximum Gasteiger partial charge on any atom is 0.255 e. The van der Waals surface area contributed by atoms with E-state index < -0.39 is 11.7 Å². The molecule has 0 spiro atoms. The number of carbonyl (C=O) groups excluding carboxylic acids is 2. The number of hydrogen-bond donors (Lipinski definition) is 2. The maximum absolute atomic E-state index is 13.6. The summed E-state index contributed by atoms with van der Waals surface area (Å²) >= 11 is 0. The van der Waals surface area contributed by atoms with E-state index in [2.05, 4.69) is 10.6 Å². The topological polar surface area (TPSA) is 82.0 Å². The van der Waals surface area contributed by atoms with Crippen molar-refractivity contribution in [3.63, 3.8) is 0 Å². The van der Waals surface area contributed by atoms with Crippen LogP contribution in [0.3, 0.4) is 0 Å². The van der Waals surface area contributed by atoms with Crippen molar-refractivity contribution in [1.29, 1.82) is 5.26 Å². The molecule has 0 aromatic heterocycles. The fourth-order valence-electron chi connectivity index (χ4n) is 2.36. The molecule has 0 saturated heterocycles. The summed E-state index contributed by atoms with van der Waals surface area (Å²) in [5.41, 5.74) is 1.80. The Bertz CT molecular complexity index is 1020. The van der Waals surface area contributed by atoms with Crippen LogP contribution in [-0.4, -0.2) is 11.8 Å². The molecule has 0 fully saturated rings. The van der Waals surface area contributed by atoms with Crippen molar-refractivity contribution < 1.29 is 14.0 Å². The Balaban J connectivity index is 1.67. The highest BCUT2D eigenvalue weighted by molar-refractivity contribution is 6.07.